The van der Waals surface area contributed by atoms with Gasteiger partial charge in [-0.2, -0.15) is 5.10 Å². The van der Waals surface area contributed by atoms with Crippen LogP contribution in [0, 0.1) is 11.8 Å². The van der Waals surface area contributed by atoms with E-state index in [1.807, 2.05) is 0 Å². The SMILES string of the molecule is O=C(N/N=C1\CC2C=CCC12)c1ccc(Cl)cc1. The van der Waals surface area contributed by atoms with Gasteiger partial charge in [-0.15, -0.1) is 0 Å². The van der Waals surface area contributed by atoms with Gasteiger partial charge in [0.2, 0.25) is 0 Å². The number of hydrazone groups is 1. The predicted molar refractivity (Wildman–Crippen MR) is 71.7 cm³/mol. The number of hydrogen-bond donors (Lipinski definition) is 1. The van der Waals surface area contributed by atoms with Crippen LogP contribution in [0.15, 0.2) is 41.5 Å². The van der Waals surface area contributed by atoms with Gasteiger partial charge in [-0.3, -0.25) is 4.79 Å². The second-order valence-electron chi connectivity index (χ2n) is 4.69. The fourth-order valence-electron chi connectivity index (χ4n) is 2.45. The maximum Gasteiger partial charge on any atom is 0.271 e. The summed E-state index contributed by atoms with van der Waals surface area (Å²) in [7, 11) is 0. The Morgan fingerprint density at radius 1 is 1.33 bits per heavy atom. The largest absolute Gasteiger partial charge is 0.271 e. The molecular weight excluding hydrogens is 248 g/mol. The number of nitrogens with one attached hydrogen (secondary N) is 1. The van der Waals surface area contributed by atoms with E-state index in [1.165, 1.54) is 0 Å². The topological polar surface area (TPSA) is 41.5 Å². The Labute approximate surface area is 111 Å². The second-order valence-corrected chi connectivity index (χ2v) is 5.13. The van der Waals surface area contributed by atoms with E-state index in [4.69, 9.17) is 11.6 Å². The molecule has 0 heterocycles. The molecule has 2 aliphatic rings. The van der Waals surface area contributed by atoms with Crippen LogP contribution in [0.4, 0.5) is 0 Å². The summed E-state index contributed by atoms with van der Waals surface area (Å²) in [6.07, 6.45) is 6.46. The third kappa shape index (κ3) is 2.06. The first-order chi connectivity index (χ1) is 8.74. The van der Waals surface area contributed by atoms with Crippen molar-refractivity contribution < 1.29 is 4.79 Å². The van der Waals surface area contributed by atoms with E-state index in [0.717, 1.165) is 18.6 Å². The summed E-state index contributed by atoms with van der Waals surface area (Å²) < 4.78 is 0. The van der Waals surface area contributed by atoms with Gasteiger partial charge < -0.3 is 0 Å². The highest BCUT2D eigenvalue weighted by molar-refractivity contribution is 6.30. The Bertz CT molecular complexity index is 533. The smallest absolute Gasteiger partial charge is 0.267 e. The highest BCUT2D eigenvalue weighted by Crippen LogP contribution is 2.40. The number of rotatable bonds is 2. The Morgan fingerprint density at radius 2 is 2.11 bits per heavy atom. The average Bonchev–Trinajstić information content (AvgIpc) is 2.72. The maximum absolute atomic E-state index is 11.8. The summed E-state index contributed by atoms with van der Waals surface area (Å²) in [5.41, 5.74) is 4.29. The van der Waals surface area contributed by atoms with Crippen molar-refractivity contribution in [3.8, 4) is 0 Å². The van der Waals surface area contributed by atoms with Crippen molar-refractivity contribution in [1.82, 2.24) is 5.43 Å². The summed E-state index contributed by atoms with van der Waals surface area (Å²) in [4.78, 5) is 11.8. The van der Waals surface area contributed by atoms with Crippen LogP contribution in [0.5, 0.6) is 0 Å². The van der Waals surface area contributed by atoms with Crippen LogP contribution in [0.25, 0.3) is 0 Å². The molecule has 0 aromatic heterocycles. The van der Waals surface area contributed by atoms with Crippen LogP contribution in [-0.4, -0.2) is 11.6 Å². The standard InChI is InChI=1S/C14H13ClN2O/c15-11-6-4-9(5-7-11)14(18)17-16-13-8-10-2-1-3-12(10)13/h1-2,4-7,10,12H,3,8H2,(H,17,18)/b16-13+. The number of carbonyl (C=O) groups excluding carboxylic acids is 1. The monoisotopic (exact) mass is 260 g/mol. The lowest BCUT2D eigenvalue weighted by Gasteiger charge is -2.31. The Morgan fingerprint density at radius 3 is 2.83 bits per heavy atom. The number of amides is 1. The molecule has 2 atom stereocenters. The fraction of sp³-hybridized carbons (Fsp3) is 0.286. The summed E-state index contributed by atoms with van der Waals surface area (Å²) in [5, 5.41) is 4.84. The van der Waals surface area contributed by atoms with Crippen molar-refractivity contribution in [3.63, 3.8) is 0 Å². The molecule has 1 aromatic carbocycles. The molecule has 1 amide bonds. The van der Waals surface area contributed by atoms with Crippen LogP contribution >= 0.6 is 11.6 Å². The first-order valence-electron chi connectivity index (χ1n) is 6.03. The van der Waals surface area contributed by atoms with Gasteiger partial charge in [-0.05, 0) is 43.0 Å². The molecule has 0 radical (unpaired) electrons. The minimum atomic E-state index is -0.187. The van der Waals surface area contributed by atoms with Crippen LogP contribution < -0.4 is 5.43 Å². The Kier molecular flexibility index (Phi) is 2.92. The van der Waals surface area contributed by atoms with E-state index in [-0.39, 0.29) is 5.91 Å². The quantitative estimate of drug-likeness (QED) is 0.645. The van der Waals surface area contributed by atoms with Crippen molar-refractivity contribution in [2.24, 2.45) is 16.9 Å². The van der Waals surface area contributed by atoms with E-state index in [0.29, 0.717) is 22.4 Å². The number of hydrogen-bond acceptors (Lipinski definition) is 2. The zero-order valence-corrected chi connectivity index (χ0v) is 10.5. The lowest BCUT2D eigenvalue weighted by Crippen LogP contribution is -2.35. The second kappa shape index (κ2) is 4.58. The zero-order chi connectivity index (χ0) is 12.5. The summed E-state index contributed by atoms with van der Waals surface area (Å²) in [6, 6.07) is 6.78. The third-order valence-corrected chi connectivity index (χ3v) is 3.82. The predicted octanol–water partition coefficient (Wildman–Crippen LogP) is 3.02. The van der Waals surface area contributed by atoms with E-state index < -0.39 is 0 Å². The first kappa shape index (κ1) is 11.5. The molecule has 2 aliphatic carbocycles. The van der Waals surface area contributed by atoms with E-state index in [9.17, 15) is 4.79 Å². The van der Waals surface area contributed by atoms with Crippen molar-refractivity contribution >= 4 is 23.2 Å². The fourth-order valence-corrected chi connectivity index (χ4v) is 2.58. The minimum absolute atomic E-state index is 0.187. The molecule has 0 bridgehead atoms. The van der Waals surface area contributed by atoms with Gasteiger partial charge in [0.15, 0.2) is 0 Å². The lowest BCUT2D eigenvalue weighted by atomic mass is 9.74. The van der Waals surface area contributed by atoms with Crippen molar-refractivity contribution in [1.29, 1.82) is 0 Å². The van der Waals surface area contributed by atoms with E-state index >= 15 is 0 Å². The zero-order valence-electron chi connectivity index (χ0n) is 9.77. The molecule has 1 saturated carbocycles. The number of benzene rings is 1. The molecule has 1 N–H and O–H groups in total. The number of nitrogens with zero attached hydrogens (tertiary/aromatic N) is 1. The van der Waals surface area contributed by atoms with Gasteiger partial charge in [0.25, 0.3) is 5.91 Å². The van der Waals surface area contributed by atoms with Crippen LogP contribution in [0.1, 0.15) is 23.2 Å². The highest BCUT2D eigenvalue weighted by Gasteiger charge is 2.37. The summed E-state index contributed by atoms with van der Waals surface area (Å²) in [6.45, 7) is 0. The molecule has 0 spiro atoms. The first-order valence-corrected chi connectivity index (χ1v) is 6.41. The number of halogens is 1. The molecule has 18 heavy (non-hydrogen) atoms. The molecule has 3 rings (SSSR count). The van der Waals surface area contributed by atoms with E-state index in [1.54, 1.807) is 24.3 Å². The van der Waals surface area contributed by atoms with Gasteiger partial charge in [-0.1, -0.05) is 23.8 Å². The van der Waals surface area contributed by atoms with Crippen LogP contribution in [-0.2, 0) is 0 Å². The molecule has 1 fully saturated rings. The normalized spacial score (nSPS) is 26.8. The molecule has 0 aliphatic heterocycles. The van der Waals surface area contributed by atoms with Crippen LogP contribution in [0.2, 0.25) is 5.02 Å². The van der Waals surface area contributed by atoms with Crippen molar-refractivity contribution in [2.75, 3.05) is 0 Å². The molecule has 0 saturated heterocycles. The average molecular weight is 261 g/mol. The van der Waals surface area contributed by atoms with Crippen molar-refractivity contribution in [2.45, 2.75) is 12.8 Å². The maximum atomic E-state index is 11.8. The van der Waals surface area contributed by atoms with Gasteiger partial charge >= 0.3 is 0 Å². The van der Waals surface area contributed by atoms with Crippen LogP contribution in [0.3, 0.4) is 0 Å². The number of fused-ring (bicyclic) bond motifs is 1. The van der Waals surface area contributed by atoms with Gasteiger partial charge in [-0.25, -0.2) is 5.43 Å². The van der Waals surface area contributed by atoms with Gasteiger partial charge in [0, 0.05) is 22.2 Å². The Balaban J connectivity index is 1.62. The third-order valence-electron chi connectivity index (χ3n) is 3.57. The van der Waals surface area contributed by atoms with Crippen molar-refractivity contribution in [3.05, 3.63) is 47.0 Å². The van der Waals surface area contributed by atoms with E-state index in [2.05, 4.69) is 22.7 Å². The molecule has 3 nitrogen and oxygen atoms in total. The summed E-state index contributed by atoms with van der Waals surface area (Å²) in [5.74, 6) is 0.986. The molecule has 92 valence electrons. The molecular formula is C14H13ClN2O. The Hall–Kier alpha value is -1.61. The summed E-state index contributed by atoms with van der Waals surface area (Å²) >= 11 is 5.77. The minimum Gasteiger partial charge on any atom is -0.267 e. The highest BCUT2D eigenvalue weighted by atomic mass is 35.5. The molecule has 2 unspecified atom stereocenters. The van der Waals surface area contributed by atoms with Gasteiger partial charge in [0.1, 0.15) is 0 Å². The molecule has 4 heteroatoms. The number of allylic oxidation sites excluding steroid dienone is 2. The molecule has 1 aromatic rings. The number of carbonyl (C=O) groups is 1. The lowest BCUT2D eigenvalue weighted by molar-refractivity contribution is 0.0954. The van der Waals surface area contributed by atoms with Gasteiger partial charge in [0.05, 0.1) is 0 Å².